The number of hydrogen-bond acceptors (Lipinski definition) is 4. The Hall–Kier alpha value is -1.07. The molecular formula is C11H6BrClN2O2S2. The molecule has 1 heterocycles. The Balaban J connectivity index is 2.41. The number of hydrogen-bond donors (Lipinski definition) is 1. The zero-order chi connectivity index (χ0) is 14.0. The first-order chi connectivity index (χ1) is 8.94. The van der Waals surface area contributed by atoms with E-state index in [4.69, 9.17) is 16.9 Å². The third kappa shape index (κ3) is 3.09. The van der Waals surface area contributed by atoms with Gasteiger partial charge in [-0.15, -0.1) is 11.3 Å². The number of thiophene rings is 1. The van der Waals surface area contributed by atoms with E-state index in [-0.39, 0.29) is 20.5 Å². The van der Waals surface area contributed by atoms with Crippen LogP contribution in [0.15, 0.2) is 39.0 Å². The molecule has 0 aliphatic carbocycles. The molecule has 0 atom stereocenters. The highest BCUT2D eigenvalue weighted by molar-refractivity contribution is 9.10. The van der Waals surface area contributed by atoms with Crippen LogP contribution < -0.4 is 4.72 Å². The van der Waals surface area contributed by atoms with E-state index in [1.807, 2.05) is 6.07 Å². The van der Waals surface area contributed by atoms with Crippen LogP contribution in [0, 0.1) is 11.3 Å². The molecule has 0 aliphatic heterocycles. The lowest BCUT2D eigenvalue weighted by molar-refractivity contribution is 0.601. The molecule has 0 fully saturated rings. The van der Waals surface area contributed by atoms with Gasteiger partial charge in [0.15, 0.2) is 0 Å². The molecule has 2 aromatic rings. The van der Waals surface area contributed by atoms with E-state index < -0.39 is 10.0 Å². The number of rotatable bonds is 3. The van der Waals surface area contributed by atoms with Gasteiger partial charge >= 0.3 is 0 Å². The van der Waals surface area contributed by atoms with E-state index in [9.17, 15) is 8.42 Å². The lowest BCUT2D eigenvalue weighted by Gasteiger charge is -2.08. The van der Waals surface area contributed by atoms with Crippen molar-refractivity contribution in [1.29, 1.82) is 5.26 Å². The Kier molecular flexibility index (Phi) is 4.16. The van der Waals surface area contributed by atoms with E-state index in [2.05, 4.69) is 20.7 Å². The van der Waals surface area contributed by atoms with Gasteiger partial charge in [0.1, 0.15) is 16.0 Å². The minimum atomic E-state index is -3.81. The van der Waals surface area contributed by atoms with Crippen molar-refractivity contribution in [2.24, 2.45) is 0 Å². The summed E-state index contributed by atoms with van der Waals surface area (Å²) in [5, 5.41) is 10.9. The zero-order valence-electron chi connectivity index (χ0n) is 9.22. The number of nitrogens with zero attached hydrogens (tertiary/aromatic N) is 1. The Bertz CT molecular complexity index is 765. The molecule has 98 valence electrons. The third-order valence-electron chi connectivity index (χ3n) is 2.20. The second-order valence-electron chi connectivity index (χ2n) is 3.46. The molecule has 0 aliphatic rings. The summed E-state index contributed by atoms with van der Waals surface area (Å²) in [5.41, 5.74) is 0.279. The minimum absolute atomic E-state index is 0.0327. The van der Waals surface area contributed by atoms with Gasteiger partial charge in [0, 0.05) is 4.47 Å². The van der Waals surface area contributed by atoms with Crippen LogP contribution in [0.4, 0.5) is 5.00 Å². The van der Waals surface area contributed by atoms with Crippen LogP contribution >= 0.6 is 38.9 Å². The van der Waals surface area contributed by atoms with Crippen LogP contribution in [0.5, 0.6) is 0 Å². The Morgan fingerprint density at radius 1 is 1.37 bits per heavy atom. The summed E-state index contributed by atoms with van der Waals surface area (Å²) in [5.74, 6) is 0. The van der Waals surface area contributed by atoms with Crippen LogP contribution in [0.3, 0.4) is 0 Å². The highest BCUT2D eigenvalue weighted by Gasteiger charge is 2.20. The van der Waals surface area contributed by atoms with Crippen molar-refractivity contribution in [2.75, 3.05) is 4.72 Å². The van der Waals surface area contributed by atoms with Gasteiger partial charge in [0.2, 0.25) is 0 Å². The molecular weight excluding hydrogens is 372 g/mol. The summed E-state index contributed by atoms with van der Waals surface area (Å²) >= 11 is 10.3. The summed E-state index contributed by atoms with van der Waals surface area (Å²) in [6.45, 7) is 0. The summed E-state index contributed by atoms with van der Waals surface area (Å²) < 4.78 is 27.4. The second kappa shape index (κ2) is 5.51. The smallest absolute Gasteiger partial charge is 0.264 e. The van der Waals surface area contributed by atoms with Crippen molar-refractivity contribution in [3.8, 4) is 6.07 Å². The zero-order valence-corrected chi connectivity index (χ0v) is 13.2. The molecule has 0 bridgehead atoms. The molecule has 0 amide bonds. The van der Waals surface area contributed by atoms with Crippen molar-refractivity contribution in [3.63, 3.8) is 0 Å². The molecule has 0 unspecified atom stereocenters. The normalized spacial score (nSPS) is 11.0. The minimum Gasteiger partial charge on any atom is -0.269 e. The number of halogens is 2. The average molecular weight is 378 g/mol. The van der Waals surface area contributed by atoms with Crippen LogP contribution in [0.25, 0.3) is 0 Å². The predicted octanol–water partition coefficient (Wildman–Crippen LogP) is 3.84. The molecule has 2 rings (SSSR count). The summed E-state index contributed by atoms with van der Waals surface area (Å²) in [7, 11) is -3.81. The third-order valence-corrected chi connectivity index (χ3v) is 5.48. The van der Waals surface area contributed by atoms with Gasteiger partial charge in [-0.1, -0.05) is 27.5 Å². The van der Waals surface area contributed by atoms with Gasteiger partial charge < -0.3 is 0 Å². The van der Waals surface area contributed by atoms with Crippen LogP contribution in [0.1, 0.15) is 5.56 Å². The molecule has 1 aromatic heterocycles. The van der Waals surface area contributed by atoms with Crippen molar-refractivity contribution in [1.82, 2.24) is 0 Å². The summed E-state index contributed by atoms with van der Waals surface area (Å²) in [4.78, 5) is -0.0327. The predicted molar refractivity (Wildman–Crippen MR) is 79.0 cm³/mol. The van der Waals surface area contributed by atoms with Crippen LogP contribution in [-0.4, -0.2) is 8.42 Å². The maximum absolute atomic E-state index is 12.2. The molecule has 1 N–H and O–H groups in total. The first-order valence-electron chi connectivity index (χ1n) is 4.89. The number of nitrogens with one attached hydrogen (secondary N) is 1. The maximum atomic E-state index is 12.2. The van der Waals surface area contributed by atoms with Gasteiger partial charge in [-0.3, -0.25) is 4.72 Å². The second-order valence-corrected chi connectivity index (χ2v) is 7.35. The standard InChI is InChI=1S/C11H6BrClN2O2S2/c12-8-1-2-10(9(13)5-8)19(16,17)15-11-7(6-14)3-4-18-11/h1-5,15H. The highest BCUT2D eigenvalue weighted by atomic mass is 79.9. The van der Waals surface area contributed by atoms with E-state index in [0.717, 1.165) is 11.3 Å². The van der Waals surface area contributed by atoms with Gasteiger partial charge in [0.25, 0.3) is 10.0 Å². The van der Waals surface area contributed by atoms with Gasteiger partial charge in [0.05, 0.1) is 10.6 Å². The summed E-state index contributed by atoms with van der Waals surface area (Å²) in [6, 6.07) is 7.94. The number of benzene rings is 1. The maximum Gasteiger partial charge on any atom is 0.264 e. The van der Waals surface area contributed by atoms with E-state index in [0.29, 0.717) is 4.47 Å². The molecule has 1 aromatic carbocycles. The Morgan fingerprint density at radius 2 is 2.11 bits per heavy atom. The fourth-order valence-corrected chi connectivity index (χ4v) is 4.45. The van der Waals surface area contributed by atoms with Gasteiger partial charge in [-0.25, -0.2) is 8.42 Å². The largest absolute Gasteiger partial charge is 0.269 e. The lowest BCUT2D eigenvalue weighted by atomic mass is 10.4. The molecule has 4 nitrogen and oxygen atoms in total. The molecule has 0 radical (unpaired) electrons. The molecule has 0 spiro atoms. The number of anilines is 1. The van der Waals surface area contributed by atoms with Gasteiger partial charge in [-0.2, -0.15) is 5.26 Å². The molecule has 19 heavy (non-hydrogen) atoms. The first-order valence-corrected chi connectivity index (χ1v) is 8.43. The fourth-order valence-electron chi connectivity index (χ4n) is 1.35. The topological polar surface area (TPSA) is 70.0 Å². The van der Waals surface area contributed by atoms with Crippen LogP contribution in [-0.2, 0) is 10.0 Å². The number of nitriles is 1. The average Bonchev–Trinajstić information content (AvgIpc) is 2.74. The molecule has 8 heteroatoms. The van der Waals surface area contributed by atoms with E-state index in [1.165, 1.54) is 12.1 Å². The molecule has 0 saturated carbocycles. The van der Waals surface area contributed by atoms with E-state index >= 15 is 0 Å². The quantitative estimate of drug-likeness (QED) is 0.883. The van der Waals surface area contributed by atoms with E-state index in [1.54, 1.807) is 17.5 Å². The van der Waals surface area contributed by atoms with Crippen molar-refractivity contribution in [2.45, 2.75) is 4.90 Å². The first kappa shape index (κ1) is 14.3. The Morgan fingerprint density at radius 3 is 2.74 bits per heavy atom. The fraction of sp³-hybridized carbons (Fsp3) is 0. The lowest BCUT2D eigenvalue weighted by Crippen LogP contribution is -2.13. The summed E-state index contributed by atoms with van der Waals surface area (Å²) in [6.07, 6.45) is 0. The van der Waals surface area contributed by atoms with Crippen molar-refractivity contribution in [3.05, 3.63) is 44.7 Å². The van der Waals surface area contributed by atoms with Crippen LogP contribution in [0.2, 0.25) is 5.02 Å². The number of sulfonamides is 1. The highest BCUT2D eigenvalue weighted by Crippen LogP contribution is 2.29. The van der Waals surface area contributed by atoms with Crippen molar-refractivity contribution >= 4 is 53.9 Å². The Labute approximate surface area is 127 Å². The monoisotopic (exact) mass is 376 g/mol. The molecule has 0 saturated heterocycles. The van der Waals surface area contributed by atoms with Gasteiger partial charge in [-0.05, 0) is 29.6 Å². The van der Waals surface area contributed by atoms with Crippen molar-refractivity contribution < 1.29 is 8.42 Å². The SMILES string of the molecule is N#Cc1ccsc1NS(=O)(=O)c1ccc(Br)cc1Cl.